The average Bonchev–Trinajstić information content (AvgIpc) is 2.62. The number of methoxy groups -OCH3 is 2. The van der Waals surface area contributed by atoms with Crippen molar-refractivity contribution < 1.29 is 14.3 Å². The number of carbonyl (C=O) groups is 1. The molecule has 2 rings (SSSR count). The molecule has 0 fully saturated rings. The summed E-state index contributed by atoms with van der Waals surface area (Å²) in [5.41, 5.74) is 2.50. The summed E-state index contributed by atoms with van der Waals surface area (Å²) in [6.45, 7) is 3.71. The molecule has 0 aliphatic carbocycles. The smallest absolute Gasteiger partial charge is 0.253 e. The summed E-state index contributed by atoms with van der Waals surface area (Å²) in [5, 5.41) is 0.641. The number of nitrogens with zero attached hydrogens (tertiary/aromatic N) is 1. The molecule has 0 aliphatic rings. The van der Waals surface area contributed by atoms with Gasteiger partial charge in [0.2, 0.25) is 0 Å². The van der Waals surface area contributed by atoms with E-state index in [0.717, 1.165) is 16.9 Å². The number of halogens is 1. The van der Waals surface area contributed by atoms with Gasteiger partial charge in [-0.1, -0.05) is 23.7 Å². The molecular weight excluding hydrogens is 326 g/mol. The Morgan fingerprint density at radius 3 is 2.42 bits per heavy atom. The fourth-order valence-electron chi connectivity index (χ4n) is 2.49. The van der Waals surface area contributed by atoms with Crippen LogP contribution in [0, 0.1) is 0 Å². The highest BCUT2D eigenvalue weighted by atomic mass is 35.5. The molecule has 0 aromatic heterocycles. The fourth-order valence-corrected chi connectivity index (χ4v) is 2.66. The summed E-state index contributed by atoms with van der Waals surface area (Å²) < 4.78 is 10.4. The summed E-state index contributed by atoms with van der Waals surface area (Å²) in [4.78, 5) is 14.3. The Morgan fingerprint density at radius 2 is 1.83 bits per heavy atom. The molecule has 4 nitrogen and oxygen atoms in total. The Kier molecular flexibility index (Phi) is 6.64. The maximum absolute atomic E-state index is 12.5. The van der Waals surface area contributed by atoms with Crippen LogP contribution in [-0.2, 0) is 4.74 Å². The van der Waals surface area contributed by atoms with Crippen LogP contribution < -0.4 is 4.74 Å². The van der Waals surface area contributed by atoms with E-state index in [1.54, 1.807) is 25.2 Å². The van der Waals surface area contributed by atoms with Gasteiger partial charge in [0.15, 0.2) is 0 Å². The molecule has 0 atom stereocenters. The number of rotatable bonds is 7. The van der Waals surface area contributed by atoms with E-state index in [1.165, 1.54) is 0 Å². The highest BCUT2D eigenvalue weighted by molar-refractivity contribution is 6.31. The second-order valence-electron chi connectivity index (χ2n) is 5.30. The van der Waals surface area contributed by atoms with Gasteiger partial charge in [0.1, 0.15) is 5.75 Å². The van der Waals surface area contributed by atoms with Gasteiger partial charge < -0.3 is 14.4 Å². The number of likely N-dealkylation sites (N-methyl/N-ethyl adjacent to an activating group) is 1. The predicted octanol–water partition coefficient (Wildman–Crippen LogP) is 4.12. The SMILES string of the molecule is CCN(CCOC)C(=O)c1ccc(-c2cc(Cl)ccc2OC)cc1. The fraction of sp³-hybridized carbons (Fsp3) is 0.316. The van der Waals surface area contributed by atoms with Crippen molar-refractivity contribution in [1.82, 2.24) is 4.90 Å². The molecule has 0 bridgehead atoms. The van der Waals surface area contributed by atoms with Gasteiger partial charge in [-0.05, 0) is 42.8 Å². The lowest BCUT2D eigenvalue weighted by atomic mass is 10.0. The minimum Gasteiger partial charge on any atom is -0.496 e. The number of benzene rings is 2. The lowest BCUT2D eigenvalue weighted by Crippen LogP contribution is -2.33. The van der Waals surface area contributed by atoms with Gasteiger partial charge in [-0.15, -0.1) is 0 Å². The summed E-state index contributed by atoms with van der Waals surface area (Å²) in [6, 6.07) is 12.9. The Labute approximate surface area is 147 Å². The predicted molar refractivity (Wildman–Crippen MR) is 96.9 cm³/mol. The first-order valence-electron chi connectivity index (χ1n) is 7.82. The highest BCUT2D eigenvalue weighted by Gasteiger charge is 2.14. The van der Waals surface area contributed by atoms with Crippen LogP contribution in [0.1, 0.15) is 17.3 Å². The van der Waals surface area contributed by atoms with Crippen LogP contribution in [0.15, 0.2) is 42.5 Å². The van der Waals surface area contributed by atoms with E-state index in [2.05, 4.69) is 0 Å². The van der Waals surface area contributed by atoms with Gasteiger partial charge in [-0.3, -0.25) is 4.79 Å². The zero-order chi connectivity index (χ0) is 17.5. The van der Waals surface area contributed by atoms with Gasteiger partial charge in [0.25, 0.3) is 5.91 Å². The second kappa shape index (κ2) is 8.71. The lowest BCUT2D eigenvalue weighted by Gasteiger charge is -2.20. The Hall–Kier alpha value is -2.04. The lowest BCUT2D eigenvalue weighted by molar-refractivity contribution is 0.0706. The standard InChI is InChI=1S/C19H22ClNO3/c1-4-21(11-12-23-2)19(22)15-7-5-14(6-8-15)17-13-16(20)9-10-18(17)24-3/h5-10,13H,4,11-12H2,1-3H3. The first-order chi connectivity index (χ1) is 11.6. The maximum atomic E-state index is 12.5. The molecule has 0 saturated heterocycles. The third-order valence-electron chi connectivity index (χ3n) is 3.84. The van der Waals surface area contributed by atoms with E-state index in [4.69, 9.17) is 21.1 Å². The van der Waals surface area contributed by atoms with E-state index in [1.807, 2.05) is 43.3 Å². The number of hydrogen-bond donors (Lipinski definition) is 0. The average molecular weight is 348 g/mol. The topological polar surface area (TPSA) is 38.8 Å². The van der Waals surface area contributed by atoms with Crippen molar-refractivity contribution in [2.45, 2.75) is 6.92 Å². The summed E-state index contributed by atoms with van der Waals surface area (Å²) in [6.07, 6.45) is 0. The minimum atomic E-state index is -0.000779. The van der Waals surface area contributed by atoms with Gasteiger partial charge in [0, 0.05) is 36.3 Å². The van der Waals surface area contributed by atoms with Gasteiger partial charge in [-0.2, -0.15) is 0 Å². The minimum absolute atomic E-state index is 0.000779. The number of amides is 1. The molecule has 128 valence electrons. The van der Waals surface area contributed by atoms with Crippen LogP contribution in [0.5, 0.6) is 5.75 Å². The monoisotopic (exact) mass is 347 g/mol. The second-order valence-corrected chi connectivity index (χ2v) is 5.74. The third kappa shape index (κ3) is 4.28. The van der Waals surface area contributed by atoms with Gasteiger partial charge in [-0.25, -0.2) is 0 Å². The zero-order valence-corrected chi connectivity index (χ0v) is 15.0. The molecule has 1 amide bonds. The molecule has 0 spiro atoms. The molecular formula is C19H22ClNO3. The number of hydrogen-bond acceptors (Lipinski definition) is 3. The Morgan fingerprint density at radius 1 is 1.12 bits per heavy atom. The Bertz CT molecular complexity index is 686. The van der Waals surface area contributed by atoms with Crippen molar-refractivity contribution in [1.29, 1.82) is 0 Å². The van der Waals surface area contributed by atoms with E-state index in [0.29, 0.717) is 30.3 Å². The highest BCUT2D eigenvalue weighted by Crippen LogP contribution is 2.32. The molecule has 5 heteroatoms. The first-order valence-corrected chi connectivity index (χ1v) is 8.20. The van der Waals surface area contributed by atoms with Crippen LogP contribution >= 0.6 is 11.6 Å². The van der Waals surface area contributed by atoms with Crippen molar-refractivity contribution in [2.75, 3.05) is 33.9 Å². The van der Waals surface area contributed by atoms with Gasteiger partial charge >= 0.3 is 0 Å². The summed E-state index contributed by atoms with van der Waals surface area (Å²) in [5.74, 6) is 0.743. The molecule has 24 heavy (non-hydrogen) atoms. The molecule has 0 unspecified atom stereocenters. The Balaban J connectivity index is 2.24. The van der Waals surface area contributed by atoms with Crippen molar-refractivity contribution >= 4 is 17.5 Å². The van der Waals surface area contributed by atoms with E-state index in [-0.39, 0.29) is 5.91 Å². The molecule has 2 aromatic carbocycles. The molecule has 0 N–H and O–H groups in total. The van der Waals surface area contributed by atoms with E-state index < -0.39 is 0 Å². The largest absolute Gasteiger partial charge is 0.496 e. The quantitative estimate of drug-likeness (QED) is 0.756. The van der Waals surface area contributed by atoms with Crippen LogP contribution in [0.2, 0.25) is 5.02 Å². The van der Waals surface area contributed by atoms with Crippen molar-refractivity contribution in [3.63, 3.8) is 0 Å². The molecule has 0 aliphatic heterocycles. The van der Waals surface area contributed by atoms with Crippen molar-refractivity contribution in [3.05, 3.63) is 53.1 Å². The first kappa shape index (κ1) is 18.3. The van der Waals surface area contributed by atoms with Crippen LogP contribution in [0.3, 0.4) is 0 Å². The van der Waals surface area contributed by atoms with Crippen molar-refractivity contribution in [2.24, 2.45) is 0 Å². The molecule has 2 aromatic rings. The molecule has 0 heterocycles. The van der Waals surface area contributed by atoms with Crippen LogP contribution in [0.4, 0.5) is 0 Å². The molecule has 0 saturated carbocycles. The summed E-state index contributed by atoms with van der Waals surface area (Å²) in [7, 11) is 3.26. The third-order valence-corrected chi connectivity index (χ3v) is 4.07. The van der Waals surface area contributed by atoms with Crippen molar-refractivity contribution in [3.8, 4) is 16.9 Å². The normalized spacial score (nSPS) is 10.5. The van der Waals surface area contributed by atoms with Crippen LogP contribution in [-0.4, -0.2) is 44.7 Å². The maximum Gasteiger partial charge on any atom is 0.253 e. The van der Waals surface area contributed by atoms with E-state index >= 15 is 0 Å². The van der Waals surface area contributed by atoms with Gasteiger partial charge in [0.05, 0.1) is 13.7 Å². The van der Waals surface area contributed by atoms with Crippen LogP contribution in [0.25, 0.3) is 11.1 Å². The zero-order valence-electron chi connectivity index (χ0n) is 14.2. The number of carbonyl (C=O) groups excluding carboxylic acids is 1. The summed E-state index contributed by atoms with van der Waals surface area (Å²) >= 11 is 6.09. The number of ether oxygens (including phenoxy) is 2. The van der Waals surface area contributed by atoms with E-state index in [9.17, 15) is 4.79 Å². The molecule has 0 radical (unpaired) electrons.